The number of para-hydroxylation sites is 1. The van der Waals surface area contributed by atoms with Gasteiger partial charge in [-0.2, -0.15) is 0 Å². The van der Waals surface area contributed by atoms with Crippen molar-refractivity contribution >= 4 is 38.2 Å². The normalized spacial score (nSPS) is 11.3. The number of nitrogens with one attached hydrogen (secondary N) is 2. The molecule has 156 valence electrons. The van der Waals surface area contributed by atoms with E-state index in [0.717, 1.165) is 16.5 Å². The van der Waals surface area contributed by atoms with Gasteiger partial charge in [0.2, 0.25) is 5.91 Å². The van der Waals surface area contributed by atoms with Crippen LogP contribution in [-0.4, -0.2) is 19.3 Å². The lowest BCUT2D eigenvalue weighted by molar-refractivity contribution is -0.114. The van der Waals surface area contributed by atoms with Gasteiger partial charge in [0, 0.05) is 23.6 Å². The number of nitrogens with zero attached hydrogens (tertiary/aromatic N) is 1. The third-order valence-corrected chi connectivity index (χ3v) is 6.16. The summed E-state index contributed by atoms with van der Waals surface area (Å²) >= 11 is 0. The minimum absolute atomic E-state index is 0.0957. The lowest BCUT2D eigenvalue weighted by atomic mass is 10.1. The molecule has 3 aromatic carbocycles. The Morgan fingerprint density at radius 1 is 0.903 bits per heavy atom. The molecule has 0 spiro atoms. The third kappa shape index (κ3) is 4.57. The SMILES string of the molecule is CC(=O)Nc1ccc(S(=O)(=O)Nc2ccccc2-c2ccc3cc(C)ccc3n2)cc1. The zero-order valence-corrected chi connectivity index (χ0v) is 17.9. The van der Waals surface area contributed by atoms with E-state index in [1.54, 1.807) is 24.3 Å². The summed E-state index contributed by atoms with van der Waals surface area (Å²) in [5.74, 6) is -0.222. The fourth-order valence-electron chi connectivity index (χ4n) is 3.31. The zero-order chi connectivity index (χ0) is 22.0. The fourth-order valence-corrected chi connectivity index (χ4v) is 4.39. The smallest absolute Gasteiger partial charge is 0.261 e. The van der Waals surface area contributed by atoms with Crippen molar-refractivity contribution in [3.05, 3.63) is 84.4 Å². The van der Waals surface area contributed by atoms with Crippen molar-refractivity contribution in [3.63, 3.8) is 0 Å². The van der Waals surface area contributed by atoms with E-state index in [0.29, 0.717) is 22.6 Å². The quantitative estimate of drug-likeness (QED) is 0.467. The number of hydrogen-bond donors (Lipinski definition) is 2. The van der Waals surface area contributed by atoms with Crippen LogP contribution in [0.3, 0.4) is 0 Å². The Morgan fingerprint density at radius 2 is 1.65 bits per heavy atom. The summed E-state index contributed by atoms with van der Waals surface area (Å²) in [5, 5.41) is 3.65. The highest BCUT2D eigenvalue weighted by Crippen LogP contribution is 2.30. The number of aromatic nitrogens is 1. The molecule has 0 atom stereocenters. The largest absolute Gasteiger partial charge is 0.326 e. The maximum absolute atomic E-state index is 12.9. The average Bonchev–Trinajstić information content (AvgIpc) is 2.73. The number of hydrogen-bond acceptors (Lipinski definition) is 4. The molecule has 0 aliphatic rings. The number of sulfonamides is 1. The number of benzene rings is 3. The predicted molar refractivity (Wildman–Crippen MR) is 123 cm³/mol. The van der Waals surface area contributed by atoms with E-state index in [1.807, 2.05) is 43.3 Å². The molecule has 4 aromatic rings. The van der Waals surface area contributed by atoms with Crippen molar-refractivity contribution in [3.8, 4) is 11.3 Å². The Bertz CT molecular complexity index is 1380. The number of carbonyl (C=O) groups is 1. The molecule has 31 heavy (non-hydrogen) atoms. The molecule has 7 heteroatoms. The average molecular weight is 432 g/mol. The van der Waals surface area contributed by atoms with Crippen LogP contribution < -0.4 is 10.0 Å². The predicted octanol–water partition coefficient (Wildman–Crippen LogP) is 4.97. The molecule has 1 aromatic heterocycles. The minimum Gasteiger partial charge on any atom is -0.326 e. The van der Waals surface area contributed by atoms with Crippen LogP contribution in [-0.2, 0) is 14.8 Å². The van der Waals surface area contributed by atoms with E-state index in [4.69, 9.17) is 4.98 Å². The van der Waals surface area contributed by atoms with Gasteiger partial charge in [0.15, 0.2) is 0 Å². The molecule has 0 unspecified atom stereocenters. The van der Waals surface area contributed by atoms with E-state index in [9.17, 15) is 13.2 Å². The van der Waals surface area contributed by atoms with E-state index in [-0.39, 0.29) is 10.8 Å². The van der Waals surface area contributed by atoms with E-state index < -0.39 is 10.0 Å². The highest BCUT2D eigenvalue weighted by molar-refractivity contribution is 7.92. The second kappa shape index (κ2) is 8.20. The Balaban J connectivity index is 1.67. The number of pyridine rings is 1. The van der Waals surface area contributed by atoms with Crippen molar-refractivity contribution in [1.82, 2.24) is 4.98 Å². The van der Waals surface area contributed by atoms with Gasteiger partial charge in [-0.1, -0.05) is 35.9 Å². The van der Waals surface area contributed by atoms with Crippen molar-refractivity contribution in [2.75, 3.05) is 10.0 Å². The number of aryl methyl sites for hydroxylation is 1. The molecular formula is C24H21N3O3S. The van der Waals surface area contributed by atoms with Crippen LogP contribution in [0.1, 0.15) is 12.5 Å². The monoisotopic (exact) mass is 431 g/mol. The second-order valence-corrected chi connectivity index (χ2v) is 8.93. The van der Waals surface area contributed by atoms with E-state index >= 15 is 0 Å². The summed E-state index contributed by atoms with van der Waals surface area (Å²) in [7, 11) is -3.83. The number of amides is 1. The third-order valence-electron chi connectivity index (χ3n) is 4.78. The molecular weight excluding hydrogens is 410 g/mol. The molecule has 0 fully saturated rings. The maximum Gasteiger partial charge on any atom is 0.261 e. The Labute approximate surface area is 181 Å². The summed E-state index contributed by atoms with van der Waals surface area (Å²) in [6.07, 6.45) is 0. The second-order valence-electron chi connectivity index (χ2n) is 7.25. The minimum atomic E-state index is -3.83. The molecule has 0 bridgehead atoms. The van der Waals surface area contributed by atoms with Gasteiger partial charge in [-0.05, 0) is 55.5 Å². The lowest BCUT2D eigenvalue weighted by Crippen LogP contribution is -2.14. The number of rotatable bonds is 5. The van der Waals surface area contributed by atoms with E-state index in [1.165, 1.54) is 19.1 Å². The van der Waals surface area contributed by atoms with Crippen LogP contribution in [0, 0.1) is 6.92 Å². The molecule has 0 radical (unpaired) electrons. The molecule has 4 rings (SSSR count). The molecule has 2 N–H and O–H groups in total. The molecule has 0 saturated heterocycles. The van der Waals surface area contributed by atoms with Crippen molar-refractivity contribution in [1.29, 1.82) is 0 Å². The molecule has 0 saturated carbocycles. The highest BCUT2D eigenvalue weighted by Gasteiger charge is 2.17. The Morgan fingerprint density at radius 3 is 2.39 bits per heavy atom. The first-order chi connectivity index (χ1) is 14.8. The summed E-state index contributed by atoms with van der Waals surface area (Å²) in [6.45, 7) is 3.42. The molecule has 0 aliphatic carbocycles. The van der Waals surface area contributed by atoms with Crippen LogP contribution in [0.4, 0.5) is 11.4 Å². The van der Waals surface area contributed by atoms with Crippen LogP contribution in [0.25, 0.3) is 22.2 Å². The topological polar surface area (TPSA) is 88.2 Å². The number of fused-ring (bicyclic) bond motifs is 1. The van der Waals surface area contributed by atoms with Gasteiger partial charge in [0.05, 0.1) is 21.8 Å². The first-order valence-electron chi connectivity index (χ1n) is 9.69. The summed E-state index contributed by atoms with van der Waals surface area (Å²) in [4.78, 5) is 16.0. The van der Waals surface area contributed by atoms with Gasteiger partial charge in [0.1, 0.15) is 0 Å². The van der Waals surface area contributed by atoms with Gasteiger partial charge in [-0.3, -0.25) is 9.52 Å². The van der Waals surface area contributed by atoms with Gasteiger partial charge in [0.25, 0.3) is 10.0 Å². The fraction of sp³-hybridized carbons (Fsp3) is 0.0833. The molecule has 1 amide bonds. The van der Waals surface area contributed by atoms with Crippen LogP contribution >= 0.6 is 0 Å². The number of anilines is 2. The standard InChI is InChI=1S/C24H21N3O3S/c1-16-7-13-22-18(15-16)8-14-23(26-22)21-5-3-4-6-24(21)27-31(29,30)20-11-9-19(10-12-20)25-17(2)28/h3-15,27H,1-2H3,(H,25,28). The highest BCUT2D eigenvalue weighted by atomic mass is 32.2. The molecule has 1 heterocycles. The maximum atomic E-state index is 12.9. The molecule has 0 aliphatic heterocycles. The summed E-state index contributed by atoms with van der Waals surface area (Å²) in [5.41, 5.74) is 4.32. The van der Waals surface area contributed by atoms with Crippen LogP contribution in [0.15, 0.2) is 83.8 Å². The molecule has 6 nitrogen and oxygen atoms in total. The van der Waals surface area contributed by atoms with Crippen molar-refractivity contribution in [2.24, 2.45) is 0 Å². The first-order valence-corrected chi connectivity index (χ1v) is 11.2. The van der Waals surface area contributed by atoms with Crippen molar-refractivity contribution < 1.29 is 13.2 Å². The number of carbonyl (C=O) groups excluding carboxylic acids is 1. The van der Waals surface area contributed by atoms with Crippen LogP contribution in [0.2, 0.25) is 0 Å². The van der Waals surface area contributed by atoms with Gasteiger partial charge in [-0.15, -0.1) is 0 Å². The van der Waals surface area contributed by atoms with Gasteiger partial charge < -0.3 is 5.32 Å². The Kier molecular flexibility index (Phi) is 5.44. The zero-order valence-electron chi connectivity index (χ0n) is 17.1. The van der Waals surface area contributed by atoms with Crippen molar-refractivity contribution in [2.45, 2.75) is 18.7 Å². The first kappa shape index (κ1) is 20.6. The van der Waals surface area contributed by atoms with E-state index in [2.05, 4.69) is 16.1 Å². The lowest BCUT2D eigenvalue weighted by Gasteiger charge is -2.13. The van der Waals surface area contributed by atoms with Gasteiger partial charge in [-0.25, -0.2) is 13.4 Å². The van der Waals surface area contributed by atoms with Gasteiger partial charge >= 0.3 is 0 Å². The Hall–Kier alpha value is -3.71. The summed E-state index contributed by atoms with van der Waals surface area (Å²) in [6, 6.07) is 23.0. The summed E-state index contributed by atoms with van der Waals surface area (Å²) < 4.78 is 28.6. The van der Waals surface area contributed by atoms with Crippen LogP contribution in [0.5, 0.6) is 0 Å².